The number of hydrogen-bond acceptors (Lipinski definition) is 5. The van der Waals surface area contributed by atoms with Crippen molar-refractivity contribution in [3.8, 4) is 16.9 Å². The lowest BCUT2D eigenvalue weighted by molar-refractivity contribution is 0.0915. The molecule has 2 aromatic carbocycles. The first-order valence-electron chi connectivity index (χ1n) is 9.67. The Balaban J connectivity index is 1.52. The van der Waals surface area contributed by atoms with Gasteiger partial charge in [-0.1, -0.05) is 31.2 Å². The number of aliphatic hydroxyl groups excluding tert-OH is 1. The van der Waals surface area contributed by atoms with Crippen molar-refractivity contribution in [1.82, 2.24) is 9.55 Å². The molecule has 1 atom stereocenters. The fourth-order valence-electron chi connectivity index (χ4n) is 3.23. The number of halogens is 1. The second-order valence-corrected chi connectivity index (χ2v) is 7.86. The van der Waals surface area contributed by atoms with E-state index in [1.807, 2.05) is 29.6 Å². The van der Waals surface area contributed by atoms with Crippen LogP contribution in [0.15, 0.2) is 65.0 Å². The van der Waals surface area contributed by atoms with Crippen molar-refractivity contribution in [2.75, 3.05) is 6.61 Å². The Morgan fingerprint density at radius 2 is 1.90 bits per heavy atom. The quantitative estimate of drug-likeness (QED) is 0.481. The maximum absolute atomic E-state index is 13.2. The summed E-state index contributed by atoms with van der Waals surface area (Å²) in [6.45, 7) is 2.20. The van der Waals surface area contributed by atoms with E-state index in [0.29, 0.717) is 21.5 Å². The largest absolute Gasteiger partial charge is 0.491 e. The van der Waals surface area contributed by atoms with E-state index in [1.165, 1.54) is 39.9 Å². The van der Waals surface area contributed by atoms with Crippen LogP contribution in [0.1, 0.15) is 12.5 Å². The van der Waals surface area contributed by atoms with E-state index in [1.54, 1.807) is 12.1 Å². The van der Waals surface area contributed by atoms with Gasteiger partial charge in [0.15, 0.2) is 0 Å². The summed E-state index contributed by atoms with van der Waals surface area (Å²) < 4.78 is 20.3. The van der Waals surface area contributed by atoms with Crippen LogP contribution in [-0.4, -0.2) is 27.4 Å². The summed E-state index contributed by atoms with van der Waals surface area (Å²) in [5.41, 5.74) is 2.43. The molecule has 0 radical (unpaired) electrons. The van der Waals surface area contributed by atoms with E-state index in [4.69, 9.17) is 4.74 Å². The van der Waals surface area contributed by atoms with Gasteiger partial charge in [0, 0.05) is 10.9 Å². The number of rotatable bonds is 7. The molecule has 7 heteroatoms. The van der Waals surface area contributed by atoms with Gasteiger partial charge >= 0.3 is 0 Å². The standard InChI is InChI=1S/C23H21FN2O3S/c1-2-15-3-9-19(10-4-15)29-12-18(27)11-26-14-25-22-21(23(26)28)20(13-30-22)16-5-7-17(24)8-6-16/h3-10,13-14,18,27H,2,11-12H2,1H3/t18-/m1/s1. The van der Waals surface area contributed by atoms with Crippen molar-refractivity contribution >= 4 is 21.6 Å². The van der Waals surface area contributed by atoms with Crippen LogP contribution in [-0.2, 0) is 13.0 Å². The van der Waals surface area contributed by atoms with Crippen LogP contribution in [0.5, 0.6) is 5.75 Å². The summed E-state index contributed by atoms with van der Waals surface area (Å²) >= 11 is 1.36. The molecule has 0 unspecified atom stereocenters. The first-order chi connectivity index (χ1) is 14.5. The van der Waals surface area contributed by atoms with Crippen LogP contribution < -0.4 is 10.3 Å². The van der Waals surface area contributed by atoms with E-state index in [9.17, 15) is 14.3 Å². The van der Waals surface area contributed by atoms with Crippen LogP contribution in [0.3, 0.4) is 0 Å². The fraction of sp³-hybridized carbons (Fsp3) is 0.217. The molecule has 5 nitrogen and oxygen atoms in total. The highest BCUT2D eigenvalue weighted by molar-refractivity contribution is 7.17. The van der Waals surface area contributed by atoms with Crippen LogP contribution in [0.25, 0.3) is 21.3 Å². The second-order valence-electron chi connectivity index (χ2n) is 7.00. The number of hydrogen-bond donors (Lipinski definition) is 1. The Morgan fingerprint density at radius 1 is 1.17 bits per heavy atom. The van der Waals surface area contributed by atoms with E-state index in [2.05, 4.69) is 11.9 Å². The van der Waals surface area contributed by atoms with Gasteiger partial charge in [-0.2, -0.15) is 0 Å². The lowest BCUT2D eigenvalue weighted by atomic mass is 10.1. The first kappa shape index (κ1) is 20.3. The topological polar surface area (TPSA) is 64.3 Å². The second kappa shape index (κ2) is 8.77. The number of fused-ring (bicyclic) bond motifs is 1. The van der Waals surface area contributed by atoms with Crippen molar-refractivity contribution in [2.45, 2.75) is 26.0 Å². The zero-order chi connectivity index (χ0) is 21.1. The minimum Gasteiger partial charge on any atom is -0.491 e. The number of aryl methyl sites for hydroxylation is 1. The molecule has 30 heavy (non-hydrogen) atoms. The number of benzene rings is 2. The summed E-state index contributed by atoms with van der Waals surface area (Å²) in [7, 11) is 0. The summed E-state index contributed by atoms with van der Waals surface area (Å²) in [5, 5.41) is 12.7. The molecule has 0 aliphatic rings. The molecule has 0 bridgehead atoms. The van der Waals surface area contributed by atoms with Crippen molar-refractivity contribution < 1.29 is 14.2 Å². The SMILES string of the molecule is CCc1ccc(OC[C@H](O)Cn2cnc3scc(-c4ccc(F)cc4)c3c2=O)cc1. The van der Waals surface area contributed by atoms with Crippen molar-refractivity contribution in [3.63, 3.8) is 0 Å². The van der Waals surface area contributed by atoms with Gasteiger partial charge < -0.3 is 9.84 Å². The fourth-order valence-corrected chi connectivity index (χ4v) is 4.14. The maximum Gasteiger partial charge on any atom is 0.262 e. The molecule has 0 aliphatic heterocycles. The van der Waals surface area contributed by atoms with Crippen LogP contribution in [0.2, 0.25) is 0 Å². The van der Waals surface area contributed by atoms with E-state index >= 15 is 0 Å². The highest BCUT2D eigenvalue weighted by Gasteiger charge is 2.15. The third-order valence-electron chi connectivity index (χ3n) is 4.90. The summed E-state index contributed by atoms with van der Waals surface area (Å²) in [5.74, 6) is 0.338. The molecule has 0 fully saturated rings. The normalized spacial score (nSPS) is 12.2. The number of aromatic nitrogens is 2. The minimum absolute atomic E-state index is 0.0599. The van der Waals surface area contributed by atoms with Gasteiger partial charge in [-0.3, -0.25) is 9.36 Å². The smallest absolute Gasteiger partial charge is 0.262 e. The van der Waals surface area contributed by atoms with Crippen LogP contribution in [0, 0.1) is 5.82 Å². The lowest BCUT2D eigenvalue weighted by Gasteiger charge is -2.14. The molecule has 2 heterocycles. The highest BCUT2D eigenvalue weighted by atomic mass is 32.1. The molecule has 4 rings (SSSR count). The van der Waals surface area contributed by atoms with E-state index in [0.717, 1.165) is 12.0 Å². The number of thiophene rings is 1. The molecular formula is C23H21FN2O3S. The van der Waals surface area contributed by atoms with Crippen molar-refractivity contribution in [1.29, 1.82) is 0 Å². The molecule has 0 saturated carbocycles. The minimum atomic E-state index is -0.874. The first-order valence-corrected chi connectivity index (χ1v) is 10.6. The van der Waals surface area contributed by atoms with Gasteiger partial charge in [-0.25, -0.2) is 9.37 Å². The maximum atomic E-state index is 13.2. The van der Waals surface area contributed by atoms with E-state index < -0.39 is 6.10 Å². The molecule has 154 valence electrons. The van der Waals surface area contributed by atoms with Gasteiger partial charge in [0.1, 0.15) is 29.1 Å². The van der Waals surface area contributed by atoms with Gasteiger partial charge in [0.05, 0.1) is 18.3 Å². The molecule has 1 N–H and O–H groups in total. The molecule has 0 spiro atoms. The van der Waals surface area contributed by atoms with Gasteiger partial charge in [0.2, 0.25) is 0 Å². The van der Waals surface area contributed by atoms with Crippen LogP contribution >= 0.6 is 11.3 Å². The van der Waals surface area contributed by atoms with Gasteiger partial charge in [-0.15, -0.1) is 11.3 Å². The highest BCUT2D eigenvalue weighted by Crippen LogP contribution is 2.30. The average molecular weight is 424 g/mol. The van der Waals surface area contributed by atoms with Gasteiger partial charge in [0.25, 0.3) is 5.56 Å². The Morgan fingerprint density at radius 3 is 2.60 bits per heavy atom. The zero-order valence-electron chi connectivity index (χ0n) is 16.4. The molecule has 2 aromatic heterocycles. The summed E-state index contributed by atoms with van der Waals surface area (Å²) in [4.78, 5) is 18.0. The summed E-state index contributed by atoms with van der Waals surface area (Å²) in [6.07, 6.45) is 1.51. The van der Waals surface area contributed by atoms with E-state index in [-0.39, 0.29) is 24.5 Å². The number of aliphatic hydroxyl groups is 1. The lowest BCUT2D eigenvalue weighted by Crippen LogP contribution is -2.30. The van der Waals surface area contributed by atoms with Crippen molar-refractivity contribution in [3.05, 3.63) is 82.0 Å². The third kappa shape index (κ3) is 4.27. The summed E-state index contributed by atoms with van der Waals surface area (Å²) in [6, 6.07) is 13.7. The molecule has 0 saturated heterocycles. The molecule has 0 amide bonds. The van der Waals surface area contributed by atoms with Gasteiger partial charge in [-0.05, 0) is 41.8 Å². The van der Waals surface area contributed by atoms with Crippen molar-refractivity contribution in [2.24, 2.45) is 0 Å². The third-order valence-corrected chi connectivity index (χ3v) is 5.78. The number of ether oxygens (including phenoxy) is 1. The Kier molecular flexibility index (Phi) is 5.92. The monoisotopic (exact) mass is 424 g/mol. The predicted octanol–water partition coefficient (Wildman–Crippen LogP) is 4.27. The predicted molar refractivity (Wildman–Crippen MR) is 117 cm³/mol. The Hall–Kier alpha value is -3.03. The number of nitrogens with zero attached hydrogens (tertiary/aromatic N) is 2. The average Bonchev–Trinajstić information content (AvgIpc) is 3.20. The Labute approximate surface area is 177 Å². The molecule has 4 aromatic rings. The Bertz CT molecular complexity index is 1200. The molecular weight excluding hydrogens is 403 g/mol. The van der Waals surface area contributed by atoms with Crippen LogP contribution in [0.4, 0.5) is 4.39 Å². The molecule has 0 aliphatic carbocycles. The zero-order valence-corrected chi connectivity index (χ0v) is 17.2.